The molecular weight excluding hydrogens is 2240 g/mol. The first kappa shape index (κ1) is 110. The van der Waals surface area contributed by atoms with Crippen LogP contribution in [0.25, 0.3) is 44.7 Å². The molecule has 11 aromatic rings. The number of H-pyrrole nitrogens is 4. The van der Waals surface area contributed by atoms with Crippen LogP contribution in [-0.2, 0) is 184 Å². The Morgan fingerprint density at radius 1 is 0.358 bits per heavy atom. The molecule has 7 fully saturated rings. The first-order chi connectivity index (χ1) is 69.9. The maximum absolute atomic E-state index is 15.1. The lowest BCUT2D eigenvalue weighted by molar-refractivity contribution is -0.221. The van der Waals surface area contributed by atoms with Crippen LogP contribution in [0.2, 0.25) is 0 Å². The molecule has 0 spiro atoms. The first-order valence-electron chi connectivity index (χ1n) is 44.2. The van der Waals surface area contributed by atoms with E-state index in [2.05, 4.69) is 74.8 Å². The number of fused-ring (bicyclic) bond motifs is 4. The third kappa shape index (κ3) is 24.8. The summed E-state index contributed by atoms with van der Waals surface area (Å²) in [6, 6.07) is 0. The Morgan fingerprint density at radius 3 is 0.980 bits per heavy atom. The summed E-state index contributed by atoms with van der Waals surface area (Å²) in [5, 5.41) is 0. The van der Waals surface area contributed by atoms with Gasteiger partial charge in [-0.25, -0.2) is 54.3 Å². The number of aryl methyl sites for hydroxylation is 3. The van der Waals surface area contributed by atoms with Gasteiger partial charge in [0.05, 0.1) is 114 Å². The van der Waals surface area contributed by atoms with Crippen LogP contribution in [-0.4, -0.2) is 239 Å². The molecule has 0 amide bonds. The number of imidazole rings is 4. The van der Waals surface area contributed by atoms with Gasteiger partial charge < -0.3 is 167 Å². The highest BCUT2D eigenvalue weighted by Crippen LogP contribution is 2.57. The van der Waals surface area contributed by atoms with Crippen molar-refractivity contribution in [2.24, 2.45) is 0 Å². The fraction of sp³-hybridized carbons (Fsp3) is 0.556. The number of nitrogens with one attached hydrogen (secondary N) is 4. The standard InChI is InChI=1S/C72H94N27O35P7S7/c1-6-32-33(7-46(121-32)93-14-29(2)57(73)86-70(93)104)129-136(108,143)115-19-42-36(10-49(124-42)96-25-82-53-58(74)78-23-80-60(53)96)132-139(111,146)119-21-44-39(13-52(126-44)99-28-85-56-63(99)88-69(77)90-67(56)103)134-141(113,148)120-22-45-38(12-51(127-45)98-27-84-55-62(98)87-68(76)89-66(55)102)133-140(112,147)118-20-43-37(11-50(125-43)97-26-83-54-59(75)79-24-81-61(54)97)131-138(110,145)117-18-41-35(9-48(123-41)95-16-31(4)65(101)92-72(95)106)130-137(109,144)116-17-40-34(128-135(107,142)114-5)8-47(122-40)94-15-30(3)64(100)91-71(94)105/h14-16,23-28,32-52H,6-13,17-22H2,1-5H3,(H,107,142)(H,108,143)(H,109,144)(H,110,145)(H,111,146)(H,112,147)(H,113,148)(H2,73,86,104)(H2,74,78,80)(H2,75,79,81)(H,91,100,105)(H,92,101,106)(H3,76,87,89,102)(H3,77,88,90,103)/p-7/t32-,33?,34?,35?,36?,37?,38?,39?,40-,41-,42-,43-,44-,45-,46-,47-,48-,49-,50-,51-,52-,135?,136?,137?,138?,139?,140?,141?/m1/s1. The molecule has 7 aliphatic heterocycles. The van der Waals surface area contributed by atoms with Gasteiger partial charge in [-0.1, -0.05) is 77.8 Å². The van der Waals surface area contributed by atoms with Gasteiger partial charge in [0.25, 0.3) is 22.2 Å². The molecule has 14 N–H and O–H groups in total. The van der Waals surface area contributed by atoms with Gasteiger partial charge in [0.2, 0.25) is 11.9 Å². The van der Waals surface area contributed by atoms with Crippen molar-refractivity contribution in [2.45, 2.75) is 208 Å². The highest BCUT2D eigenvalue weighted by Gasteiger charge is 2.50. The lowest BCUT2D eigenvalue weighted by Gasteiger charge is -2.36. The highest BCUT2D eigenvalue weighted by molar-refractivity contribution is 8.32. The summed E-state index contributed by atoms with van der Waals surface area (Å²) >= 11 is 38.2. The summed E-state index contributed by atoms with van der Waals surface area (Å²) in [5.41, 5.74) is 25.2. The van der Waals surface area contributed by atoms with E-state index in [0.29, 0.717) is 12.0 Å². The van der Waals surface area contributed by atoms with Gasteiger partial charge in [0.1, 0.15) is 150 Å². The number of aromatic nitrogens is 22. The fourth-order valence-corrected chi connectivity index (χ4v) is 27.1. The molecule has 62 nitrogen and oxygen atoms in total. The quantitative estimate of drug-likeness (QED) is 0.0138. The van der Waals surface area contributed by atoms with Crippen molar-refractivity contribution in [3.8, 4) is 0 Å². The molecule has 76 heteroatoms. The van der Waals surface area contributed by atoms with E-state index in [1.54, 1.807) is 13.8 Å². The second kappa shape index (κ2) is 44.0. The number of anilines is 5. The Balaban J connectivity index is 0.570. The Labute approximate surface area is 865 Å². The number of ether oxygens (including phenoxy) is 7. The van der Waals surface area contributed by atoms with Crippen molar-refractivity contribution >= 4 is 204 Å². The van der Waals surface area contributed by atoms with Crippen LogP contribution < -0.4 is 97.3 Å². The van der Waals surface area contributed by atoms with E-state index in [9.17, 15) is 57.7 Å². The highest BCUT2D eigenvalue weighted by atomic mass is 32.7. The molecule has 18 rings (SSSR count). The molecule has 11 aromatic heterocycles. The minimum atomic E-state index is -5.04. The molecule has 148 heavy (non-hydrogen) atoms. The van der Waals surface area contributed by atoms with E-state index in [1.165, 1.54) is 74.4 Å². The lowest BCUT2D eigenvalue weighted by Crippen LogP contribution is -2.34. The zero-order valence-corrected chi connectivity index (χ0v) is 88.9. The number of nitrogen functional groups attached to an aromatic ring is 5. The summed E-state index contributed by atoms with van der Waals surface area (Å²) < 4.78 is 150. The van der Waals surface area contributed by atoms with Crippen molar-refractivity contribution in [3.63, 3.8) is 0 Å². The molecule has 0 aliphatic carbocycles. The maximum Gasteiger partial charge on any atom is 0.351 e. The largest absolute Gasteiger partial charge is 0.780 e. The zero-order valence-electron chi connectivity index (χ0n) is 76.9. The van der Waals surface area contributed by atoms with Crippen molar-refractivity contribution < 1.29 is 130 Å². The summed E-state index contributed by atoms with van der Waals surface area (Å²) in [5.74, 6) is -0.722. The Bertz CT molecular complexity index is 7740. The van der Waals surface area contributed by atoms with Crippen molar-refractivity contribution in [1.82, 2.24) is 107 Å². The molecule has 28 atom stereocenters. The van der Waals surface area contributed by atoms with Crippen molar-refractivity contribution in [2.75, 3.05) is 75.4 Å². The van der Waals surface area contributed by atoms with Crippen LogP contribution in [0.15, 0.2) is 90.1 Å². The molecule has 14 unspecified atom stereocenters. The number of aromatic amines is 4. The molecule has 7 saturated heterocycles. The molecule has 0 saturated carbocycles. The van der Waals surface area contributed by atoms with Crippen LogP contribution in [0.3, 0.4) is 0 Å². The van der Waals surface area contributed by atoms with Crippen molar-refractivity contribution in [3.05, 3.63) is 146 Å². The third-order valence-corrected chi connectivity index (χ3v) is 35.5. The van der Waals surface area contributed by atoms with Crippen LogP contribution >= 0.6 is 47.1 Å². The van der Waals surface area contributed by atoms with E-state index in [4.69, 9.17) is 208 Å². The minimum absolute atomic E-state index is 0.00917. The van der Waals surface area contributed by atoms with E-state index < -0.39 is 268 Å². The molecular formula is C72H87N27O35P7S7-7. The predicted molar refractivity (Wildman–Crippen MR) is 522 cm³/mol. The monoisotopic (exact) mass is 2330 g/mol. The van der Waals surface area contributed by atoms with Crippen LogP contribution in [0.4, 0.5) is 29.4 Å². The Kier molecular flexibility index (Phi) is 32.8. The van der Waals surface area contributed by atoms with Gasteiger partial charge in [-0.2, -0.15) is 15.0 Å². The SMILES string of the molecule is CC[C@H]1O[C@@H](n2cc(C)c(N)nc2=O)CC1OP([O-])(=S)OC[C@H]1O[C@@H](n2cnc3c(N)ncnc32)CC1OP(=O)([S-])OC[C@H]1O[C@@H](n2cnc3c(=O)[nH]c(N)nc32)CC1OP([O-])(=S)OC[C@H]1O[C@@H](n2cnc3c(=O)[nH]c(N)nc32)CC1OP([O-])(=S)OC[C@H]1O[C@@H](n2cnc3c(N)ncnc32)CC1OP([O-])(=S)OC[C@H]1O[C@@H](n2cc(C)c(=O)[nH]c2=O)CC1OP([O-])(=S)OC[C@H]1O[C@@H](n2cc(C)c(=O)[nH]c2=O)CC1OP([O-])(=S)OC. The molecule has 18 heterocycles. The average Bonchev–Trinajstić information content (AvgIpc) is 1.62. The van der Waals surface area contributed by atoms with Crippen LogP contribution in [0.5, 0.6) is 0 Å². The molecule has 0 aromatic carbocycles. The Hall–Kier alpha value is -7.56. The number of nitrogens with two attached hydrogens (primary N) is 5. The number of rotatable bonds is 41. The summed E-state index contributed by atoms with van der Waals surface area (Å²) in [6.07, 6.45) is -18.9. The van der Waals surface area contributed by atoms with Gasteiger partial charge in [0.15, 0.2) is 52.1 Å². The minimum Gasteiger partial charge on any atom is -0.780 e. The third-order valence-electron chi connectivity index (χ3n) is 24.4. The second-order valence-corrected chi connectivity index (χ2v) is 53.3. The van der Waals surface area contributed by atoms with E-state index in [0.717, 1.165) is 35.1 Å². The topological polar surface area (TPSA) is 838 Å². The zero-order chi connectivity index (χ0) is 106. The smallest absolute Gasteiger partial charge is 0.351 e. The fourth-order valence-electron chi connectivity index (χ4n) is 17.4. The second-order valence-electron chi connectivity index (χ2n) is 34.2. The van der Waals surface area contributed by atoms with E-state index in [-0.39, 0.29) is 117 Å². The number of hydrogen-bond donors (Lipinski definition) is 9. The normalized spacial score (nSPS) is 29.3. The van der Waals surface area contributed by atoms with Crippen molar-refractivity contribution in [1.29, 1.82) is 0 Å². The van der Waals surface area contributed by atoms with Gasteiger partial charge in [-0.3, -0.25) is 75.6 Å². The average molecular weight is 2330 g/mol. The van der Waals surface area contributed by atoms with E-state index in [1.807, 2.05) is 0 Å². The van der Waals surface area contributed by atoms with E-state index >= 15 is 9.79 Å². The predicted octanol–water partition coefficient (Wildman–Crippen LogP) is -2.85. The van der Waals surface area contributed by atoms with Gasteiger partial charge in [-0.05, 0) is 27.2 Å². The van der Waals surface area contributed by atoms with Gasteiger partial charge in [0, 0.05) is 87.3 Å². The Morgan fingerprint density at radius 2 is 0.642 bits per heavy atom. The summed E-state index contributed by atoms with van der Waals surface area (Å²) in [6.45, 7) is -32.5. The number of hydrogen-bond acceptors (Lipinski definition) is 58. The summed E-state index contributed by atoms with van der Waals surface area (Å²) in [7, 11) is 1.02. The summed E-state index contributed by atoms with van der Waals surface area (Å²) in [4.78, 5) is 233. The maximum atomic E-state index is 15.1. The molecule has 7 aliphatic rings. The van der Waals surface area contributed by atoms with Gasteiger partial charge >= 0.3 is 17.1 Å². The molecule has 0 bridgehead atoms. The lowest BCUT2D eigenvalue weighted by atomic mass is 10.1. The van der Waals surface area contributed by atoms with Gasteiger partial charge in [-0.15, -0.1) is 0 Å². The first-order valence-corrected chi connectivity index (χ1v) is 62.1. The number of nitrogens with zero attached hydrogens (tertiary/aromatic N) is 18. The van der Waals surface area contributed by atoms with Crippen LogP contribution in [0, 0.1) is 20.8 Å². The van der Waals surface area contributed by atoms with Crippen LogP contribution in [0.1, 0.15) is 119 Å². The molecule has 804 valence electrons. The molecule has 0 radical (unpaired) electrons.